The van der Waals surface area contributed by atoms with Crippen LogP contribution in [0.25, 0.3) is 44.2 Å². The van der Waals surface area contributed by atoms with Crippen LogP contribution in [0, 0.1) is 22.7 Å². The van der Waals surface area contributed by atoms with Crippen molar-refractivity contribution in [2.75, 3.05) is 10.6 Å². The molecule has 2 amide bonds. The Morgan fingerprint density at radius 2 is 1.00 bits per heavy atom. The number of aromatic carboxylic acids is 1. The summed E-state index contributed by atoms with van der Waals surface area (Å²) < 4.78 is 96.2. The molecule has 0 aliphatic rings. The smallest absolute Gasteiger partial charge is 0.417 e. The number of rotatable bonds is 8. The average molecular weight is 959 g/mol. The van der Waals surface area contributed by atoms with Crippen LogP contribution < -0.4 is 10.6 Å². The van der Waals surface area contributed by atoms with E-state index in [1.54, 1.807) is 20.8 Å². The zero-order chi connectivity index (χ0) is 50.7. The van der Waals surface area contributed by atoms with Crippen LogP contribution >= 0.6 is 0 Å². The Labute approximate surface area is 391 Å². The molecule has 8 rings (SSSR count). The predicted octanol–water partition coefficient (Wildman–Crippen LogP) is 11.9. The predicted molar refractivity (Wildman–Crippen MR) is 239 cm³/mol. The summed E-state index contributed by atoms with van der Waals surface area (Å²) in [4.78, 5) is 49.9. The number of benzene rings is 6. The largest absolute Gasteiger partial charge is 0.478 e. The maximum absolute atomic E-state index is 13.5. The summed E-state index contributed by atoms with van der Waals surface area (Å²) in [6.45, 7) is 5.04. The molecule has 3 N–H and O–H groups in total. The third kappa shape index (κ3) is 10.6. The number of ether oxygens (including phenoxy) is 1. The van der Waals surface area contributed by atoms with E-state index < -0.39 is 52.8 Å². The van der Waals surface area contributed by atoms with Gasteiger partial charge >= 0.3 is 24.3 Å². The van der Waals surface area contributed by atoms with Gasteiger partial charge in [-0.05, 0) is 116 Å². The molecule has 0 radical (unpaired) electrons. The van der Waals surface area contributed by atoms with E-state index in [0.717, 1.165) is 18.2 Å². The van der Waals surface area contributed by atoms with Gasteiger partial charge in [0.1, 0.15) is 5.60 Å². The summed E-state index contributed by atoms with van der Waals surface area (Å²) in [6, 6.07) is 30.2. The number of fused-ring (bicyclic) bond motifs is 2. The molecule has 8 aromatic rings. The second-order valence-corrected chi connectivity index (χ2v) is 16.0. The summed E-state index contributed by atoms with van der Waals surface area (Å²) in [5, 5.41) is 40.5. The van der Waals surface area contributed by atoms with Crippen LogP contribution in [0.2, 0.25) is 0 Å². The Morgan fingerprint density at radius 1 is 0.586 bits per heavy atom. The molecule has 0 unspecified atom stereocenters. The summed E-state index contributed by atoms with van der Waals surface area (Å²) in [5.74, 6) is -3.60. The Morgan fingerprint density at radius 3 is 1.40 bits per heavy atom. The van der Waals surface area contributed by atoms with Crippen molar-refractivity contribution in [3.8, 4) is 34.4 Å². The molecule has 0 saturated heterocycles. The van der Waals surface area contributed by atoms with E-state index in [1.807, 2.05) is 12.1 Å². The fraction of sp³-hybridized carbons (Fsp3) is 0.120. The molecular formula is C50H32F6N6O8. The van der Waals surface area contributed by atoms with Crippen molar-refractivity contribution in [3.05, 3.63) is 166 Å². The molecule has 20 heteroatoms. The number of anilines is 2. The number of carbonyl (C=O) groups excluding carboxylic acids is 3. The second kappa shape index (κ2) is 19.1. The minimum atomic E-state index is -4.55. The van der Waals surface area contributed by atoms with Gasteiger partial charge in [0.25, 0.3) is 11.8 Å². The second-order valence-electron chi connectivity index (χ2n) is 16.0. The van der Waals surface area contributed by atoms with Gasteiger partial charge in [-0.1, -0.05) is 58.8 Å². The maximum atomic E-state index is 13.5. The molecule has 2 heterocycles. The number of aromatic nitrogens is 2. The molecule has 0 aliphatic heterocycles. The normalized spacial score (nSPS) is 11.5. The monoisotopic (exact) mass is 958 g/mol. The molecule has 0 saturated carbocycles. The Balaban J connectivity index is 0.000000208. The molecule has 70 heavy (non-hydrogen) atoms. The summed E-state index contributed by atoms with van der Waals surface area (Å²) in [6.07, 6.45) is -9.11. The standard InChI is InChI=1S/C27H20F3N3O4.C23H12F3N3O4/c1-26(2,3)36-25(35)19-12-15(14-31)8-11-21(19)32-24(34)23-18-10-9-16(13-22(18)37-33-23)17-6-4-5-7-20(17)27(28,29)30;24-23(25,26)17-4-2-1-3-14(17)13-6-7-15-19(10-13)33-29-20(15)21(30)28-18-8-5-12(11-27)9-16(18)22(31)32/h4-13H,1-3H3,(H,32,34);1-10H,(H,28,30)(H,31,32). The zero-order valence-electron chi connectivity index (χ0n) is 36.4. The Kier molecular flexibility index (Phi) is 13.3. The van der Waals surface area contributed by atoms with Crippen LogP contribution in [0.3, 0.4) is 0 Å². The van der Waals surface area contributed by atoms with Crippen molar-refractivity contribution in [2.24, 2.45) is 0 Å². The highest BCUT2D eigenvalue weighted by Crippen LogP contribution is 2.40. The number of carbonyl (C=O) groups is 4. The zero-order valence-corrected chi connectivity index (χ0v) is 36.4. The van der Waals surface area contributed by atoms with Crippen molar-refractivity contribution in [2.45, 2.75) is 38.7 Å². The number of nitriles is 2. The number of alkyl halides is 6. The van der Waals surface area contributed by atoms with Gasteiger partial charge in [-0.3, -0.25) is 9.59 Å². The van der Waals surface area contributed by atoms with Gasteiger partial charge < -0.3 is 29.5 Å². The summed E-state index contributed by atoms with van der Waals surface area (Å²) >= 11 is 0. The highest BCUT2D eigenvalue weighted by Gasteiger charge is 2.35. The third-order valence-corrected chi connectivity index (χ3v) is 10.1. The number of carboxylic acid groups (broad SMARTS) is 1. The molecule has 352 valence electrons. The first-order valence-electron chi connectivity index (χ1n) is 20.4. The molecule has 2 aromatic heterocycles. The van der Waals surface area contributed by atoms with Gasteiger partial charge in [0.2, 0.25) is 0 Å². The van der Waals surface area contributed by atoms with Gasteiger partial charge in [0.15, 0.2) is 22.6 Å². The van der Waals surface area contributed by atoms with Gasteiger partial charge in [-0.15, -0.1) is 0 Å². The third-order valence-electron chi connectivity index (χ3n) is 10.1. The lowest BCUT2D eigenvalue weighted by Gasteiger charge is -2.20. The molecule has 0 aliphatic carbocycles. The summed E-state index contributed by atoms with van der Waals surface area (Å²) in [5.41, 5.74) is -2.20. The first-order valence-corrected chi connectivity index (χ1v) is 20.4. The molecular weight excluding hydrogens is 927 g/mol. The Hall–Kier alpha value is -9.30. The van der Waals surface area contributed by atoms with E-state index in [4.69, 9.17) is 19.0 Å². The molecule has 6 aromatic carbocycles. The average Bonchev–Trinajstić information content (AvgIpc) is 3.95. The highest BCUT2D eigenvalue weighted by atomic mass is 19.4. The number of hydrogen-bond acceptors (Lipinski definition) is 11. The minimum Gasteiger partial charge on any atom is -0.478 e. The topological polar surface area (TPSA) is 221 Å². The molecule has 14 nitrogen and oxygen atoms in total. The number of halogens is 6. The number of nitrogens with zero attached hydrogens (tertiary/aromatic N) is 4. The van der Waals surface area contributed by atoms with Crippen LogP contribution in [0.4, 0.5) is 37.7 Å². The number of hydrogen-bond donors (Lipinski definition) is 3. The van der Waals surface area contributed by atoms with Gasteiger partial charge in [-0.2, -0.15) is 36.9 Å². The van der Waals surface area contributed by atoms with Gasteiger partial charge in [-0.25, -0.2) is 9.59 Å². The lowest BCUT2D eigenvalue weighted by atomic mass is 9.98. The van der Waals surface area contributed by atoms with Crippen LogP contribution in [-0.4, -0.2) is 44.8 Å². The van der Waals surface area contributed by atoms with E-state index in [2.05, 4.69) is 20.9 Å². The highest BCUT2D eigenvalue weighted by molar-refractivity contribution is 6.14. The van der Waals surface area contributed by atoms with E-state index in [1.165, 1.54) is 103 Å². The van der Waals surface area contributed by atoms with Gasteiger partial charge in [0, 0.05) is 0 Å². The van der Waals surface area contributed by atoms with Crippen molar-refractivity contribution in [1.82, 2.24) is 10.3 Å². The lowest BCUT2D eigenvalue weighted by molar-refractivity contribution is -0.137. The van der Waals surface area contributed by atoms with Crippen LogP contribution in [-0.2, 0) is 17.1 Å². The number of amides is 2. The number of nitrogens with one attached hydrogen (secondary N) is 2. The fourth-order valence-corrected chi connectivity index (χ4v) is 6.99. The van der Waals surface area contributed by atoms with Gasteiger partial charge in [0.05, 0.1) is 67.7 Å². The first-order chi connectivity index (χ1) is 33.1. The van der Waals surface area contributed by atoms with Crippen molar-refractivity contribution in [3.63, 3.8) is 0 Å². The number of carboxylic acids is 1. The molecule has 0 bridgehead atoms. The van der Waals surface area contributed by atoms with Crippen LogP contribution in [0.5, 0.6) is 0 Å². The van der Waals surface area contributed by atoms with Crippen molar-refractivity contribution in [1.29, 1.82) is 10.5 Å². The van der Waals surface area contributed by atoms with Crippen LogP contribution in [0.1, 0.15) is 84.7 Å². The van der Waals surface area contributed by atoms with E-state index in [0.29, 0.717) is 0 Å². The minimum absolute atomic E-state index is 0.0267. The van der Waals surface area contributed by atoms with E-state index >= 15 is 0 Å². The van der Waals surface area contributed by atoms with E-state index in [9.17, 15) is 55.9 Å². The molecule has 0 spiro atoms. The SMILES string of the molecule is CC(C)(C)OC(=O)c1cc(C#N)ccc1NC(=O)c1noc2cc(-c3ccccc3C(F)(F)F)ccc12.N#Cc1ccc(NC(=O)c2noc3cc(-c4ccccc4C(F)(F)F)ccc23)c(C(=O)O)c1. The lowest BCUT2D eigenvalue weighted by Crippen LogP contribution is -2.25. The van der Waals surface area contributed by atoms with E-state index in [-0.39, 0.29) is 89.2 Å². The van der Waals surface area contributed by atoms with Crippen molar-refractivity contribution < 1.29 is 64.4 Å². The molecule has 0 fully saturated rings. The maximum Gasteiger partial charge on any atom is 0.417 e. The Bertz CT molecular complexity index is 3470. The summed E-state index contributed by atoms with van der Waals surface area (Å²) in [7, 11) is 0. The molecule has 0 atom stereocenters. The quantitative estimate of drug-likeness (QED) is 0.0956. The first kappa shape index (κ1) is 48.6. The fourth-order valence-electron chi connectivity index (χ4n) is 6.99. The number of esters is 1. The van der Waals surface area contributed by atoms with Crippen LogP contribution in [0.15, 0.2) is 130 Å². The van der Waals surface area contributed by atoms with Crippen molar-refractivity contribution >= 4 is 57.1 Å².